The first-order valence-electron chi connectivity index (χ1n) is 7.80. The molecule has 0 atom stereocenters. The number of rotatable bonds is 7. The van der Waals surface area contributed by atoms with Crippen LogP contribution in [0.25, 0.3) is 0 Å². The average molecular weight is 345 g/mol. The summed E-state index contributed by atoms with van der Waals surface area (Å²) in [6.45, 7) is 1.54. The third-order valence-corrected chi connectivity index (χ3v) is 4.37. The van der Waals surface area contributed by atoms with Crippen LogP contribution in [0, 0.1) is 0 Å². The number of carbonyl (C=O) groups excluding carboxylic acids is 1. The number of nitrogens with zero attached hydrogens (tertiary/aromatic N) is 3. The normalized spacial score (nSPS) is 11.2. The second-order valence-corrected chi connectivity index (χ2v) is 6.28. The Morgan fingerprint density at radius 2 is 2.17 bits per heavy atom. The van der Waals surface area contributed by atoms with Crippen LogP contribution in [0.4, 0.5) is 0 Å². The molecule has 7 heteroatoms. The molecular weight excluding hydrogens is 322 g/mol. The van der Waals surface area contributed by atoms with Gasteiger partial charge >= 0.3 is 0 Å². The molecule has 2 N–H and O–H groups in total. The summed E-state index contributed by atoms with van der Waals surface area (Å²) in [6.07, 6.45) is 2.51. The molecule has 0 aromatic carbocycles. The summed E-state index contributed by atoms with van der Waals surface area (Å²) in [5, 5.41) is 8.27. The number of nitrogens with one attached hydrogen (secondary N) is 2. The zero-order valence-corrected chi connectivity index (χ0v) is 14.8. The molecule has 6 nitrogen and oxygen atoms in total. The molecule has 1 amide bonds. The Hall–Kier alpha value is -2.41. The van der Waals surface area contributed by atoms with Gasteiger partial charge in [-0.05, 0) is 23.6 Å². The first kappa shape index (κ1) is 17.9. The second-order valence-electron chi connectivity index (χ2n) is 5.25. The highest BCUT2D eigenvalue weighted by molar-refractivity contribution is 7.09. The van der Waals surface area contributed by atoms with Crippen LogP contribution in [0.2, 0.25) is 0 Å². The molecule has 2 aromatic rings. The van der Waals surface area contributed by atoms with Crippen molar-refractivity contribution in [2.45, 2.75) is 13.0 Å². The number of pyridine rings is 1. The van der Waals surface area contributed by atoms with Crippen LogP contribution in [0.15, 0.2) is 46.9 Å². The Morgan fingerprint density at radius 1 is 1.29 bits per heavy atom. The molecule has 2 aromatic heterocycles. The maximum absolute atomic E-state index is 12.2. The van der Waals surface area contributed by atoms with Crippen molar-refractivity contribution in [3.05, 3.63) is 52.5 Å². The first-order valence-corrected chi connectivity index (χ1v) is 8.68. The van der Waals surface area contributed by atoms with E-state index in [0.717, 1.165) is 12.1 Å². The summed E-state index contributed by atoms with van der Waals surface area (Å²) in [5.74, 6) is 0.639. The number of thiophene rings is 1. The molecular formula is C17H23N5OS. The predicted octanol–water partition coefficient (Wildman–Crippen LogP) is 1.51. The van der Waals surface area contributed by atoms with Crippen molar-refractivity contribution < 1.29 is 4.79 Å². The monoisotopic (exact) mass is 345 g/mol. The standard InChI is InChI=1S/C17H23N5OS/c1-18-17(20-12-15-7-5-11-24-15)21-13-16(23)22(2)10-8-14-6-3-4-9-19-14/h3-7,9,11H,8,10,12-13H2,1-2H3,(H2,18,20,21). The number of hydrogen-bond donors (Lipinski definition) is 2. The first-order chi connectivity index (χ1) is 11.7. The van der Waals surface area contributed by atoms with Crippen LogP contribution in [0.5, 0.6) is 0 Å². The summed E-state index contributed by atoms with van der Waals surface area (Å²) < 4.78 is 0. The Labute approximate surface area is 146 Å². The van der Waals surface area contributed by atoms with Gasteiger partial charge in [0, 0.05) is 43.8 Å². The largest absolute Gasteiger partial charge is 0.352 e. The zero-order valence-electron chi connectivity index (χ0n) is 14.0. The molecule has 0 aliphatic carbocycles. The Bertz CT molecular complexity index is 642. The van der Waals surface area contributed by atoms with Crippen molar-refractivity contribution in [1.82, 2.24) is 20.5 Å². The molecule has 0 aliphatic rings. The summed E-state index contributed by atoms with van der Waals surface area (Å²) in [5.41, 5.74) is 0.985. The van der Waals surface area contributed by atoms with E-state index in [4.69, 9.17) is 0 Å². The highest BCUT2D eigenvalue weighted by Gasteiger charge is 2.10. The summed E-state index contributed by atoms with van der Waals surface area (Å²) in [4.78, 5) is 23.5. The van der Waals surface area contributed by atoms with E-state index in [-0.39, 0.29) is 12.5 Å². The fraction of sp³-hybridized carbons (Fsp3) is 0.353. The zero-order chi connectivity index (χ0) is 17.2. The van der Waals surface area contributed by atoms with E-state index < -0.39 is 0 Å². The topological polar surface area (TPSA) is 69.6 Å². The number of hydrogen-bond acceptors (Lipinski definition) is 4. The van der Waals surface area contributed by atoms with Gasteiger partial charge in [0.15, 0.2) is 5.96 Å². The highest BCUT2D eigenvalue weighted by Crippen LogP contribution is 2.07. The van der Waals surface area contributed by atoms with E-state index in [0.29, 0.717) is 19.0 Å². The lowest BCUT2D eigenvalue weighted by Gasteiger charge is -2.18. The lowest BCUT2D eigenvalue weighted by atomic mass is 10.2. The molecule has 0 fully saturated rings. The number of carbonyl (C=O) groups is 1. The minimum Gasteiger partial charge on any atom is -0.352 e. The van der Waals surface area contributed by atoms with Gasteiger partial charge in [-0.1, -0.05) is 12.1 Å². The molecule has 0 saturated carbocycles. The van der Waals surface area contributed by atoms with E-state index in [1.54, 1.807) is 36.5 Å². The molecule has 2 rings (SSSR count). The third kappa shape index (κ3) is 6.00. The van der Waals surface area contributed by atoms with Crippen LogP contribution in [-0.2, 0) is 17.8 Å². The Balaban J connectivity index is 1.70. The van der Waals surface area contributed by atoms with E-state index >= 15 is 0 Å². The van der Waals surface area contributed by atoms with Gasteiger partial charge in [-0.3, -0.25) is 14.8 Å². The van der Waals surface area contributed by atoms with Gasteiger partial charge in [-0.15, -0.1) is 11.3 Å². The molecule has 128 valence electrons. The molecule has 2 heterocycles. The molecule has 0 bridgehead atoms. The van der Waals surface area contributed by atoms with Crippen LogP contribution < -0.4 is 10.6 Å². The van der Waals surface area contributed by atoms with Crippen LogP contribution in [0.3, 0.4) is 0 Å². The van der Waals surface area contributed by atoms with Crippen LogP contribution in [0.1, 0.15) is 10.6 Å². The number of aromatic nitrogens is 1. The SMILES string of the molecule is CN=C(NCC(=O)N(C)CCc1ccccn1)NCc1cccs1. The van der Waals surface area contributed by atoms with Crippen molar-refractivity contribution in [1.29, 1.82) is 0 Å². The lowest BCUT2D eigenvalue weighted by molar-refractivity contribution is -0.128. The van der Waals surface area contributed by atoms with Gasteiger partial charge < -0.3 is 15.5 Å². The van der Waals surface area contributed by atoms with Crippen molar-refractivity contribution in [3.63, 3.8) is 0 Å². The smallest absolute Gasteiger partial charge is 0.241 e. The fourth-order valence-corrected chi connectivity index (χ4v) is 2.70. The summed E-state index contributed by atoms with van der Waals surface area (Å²) >= 11 is 1.68. The van der Waals surface area contributed by atoms with Crippen LogP contribution >= 0.6 is 11.3 Å². The van der Waals surface area contributed by atoms with E-state index in [2.05, 4.69) is 26.7 Å². The van der Waals surface area contributed by atoms with Gasteiger partial charge in [0.1, 0.15) is 0 Å². The third-order valence-electron chi connectivity index (χ3n) is 3.50. The van der Waals surface area contributed by atoms with Crippen molar-refractivity contribution in [2.24, 2.45) is 4.99 Å². The molecule has 0 saturated heterocycles. The average Bonchev–Trinajstić information content (AvgIpc) is 3.14. The minimum absolute atomic E-state index is 0.0185. The minimum atomic E-state index is 0.0185. The van der Waals surface area contributed by atoms with Crippen molar-refractivity contribution in [3.8, 4) is 0 Å². The van der Waals surface area contributed by atoms with E-state index in [9.17, 15) is 4.79 Å². The highest BCUT2D eigenvalue weighted by atomic mass is 32.1. The van der Waals surface area contributed by atoms with E-state index in [1.807, 2.05) is 29.6 Å². The van der Waals surface area contributed by atoms with Gasteiger partial charge in [0.2, 0.25) is 5.91 Å². The Morgan fingerprint density at radius 3 is 2.83 bits per heavy atom. The predicted molar refractivity (Wildman–Crippen MR) is 98.1 cm³/mol. The second kappa shape index (κ2) is 9.67. The van der Waals surface area contributed by atoms with Gasteiger partial charge in [0.25, 0.3) is 0 Å². The maximum atomic E-state index is 12.2. The summed E-state index contributed by atoms with van der Waals surface area (Å²) in [6, 6.07) is 9.87. The van der Waals surface area contributed by atoms with Crippen molar-refractivity contribution >= 4 is 23.2 Å². The molecule has 0 aliphatic heterocycles. The van der Waals surface area contributed by atoms with Crippen molar-refractivity contribution in [2.75, 3.05) is 27.2 Å². The van der Waals surface area contributed by atoms with E-state index in [1.165, 1.54) is 4.88 Å². The van der Waals surface area contributed by atoms with Gasteiger partial charge in [0.05, 0.1) is 13.1 Å². The molecule has 0 spiro atoms. The number of guanidine groups is 1. The molecule has 24 heavy (non-hydrogen) atoms. The number of aliphatic imine (C=N–C) groups is 1. The number of likely N-dealkylation sites (N-methyl/N-ethyl adjacent to an activating group) is 1. The maximum Gasteiger partial charge on any atom is 0.241 e. The number of amides is 1. The Kier molecular flexibility index (Phi) is 7.22. The quantitative estimate of drug-likeness (QED) is 0.589. The summed E-state index contributed by atoms with van der Waals surface area (Å²) in [7, 11) is 3.49. The molecule has 0 unspecified atom stereocenters. The van der Waals surface area contributed by atoms with Gasteiger partial charge in [-0.25, -0.2) is 0 Å². The fourth-order valence-electron chi connectivity index (χ4n) is 2.05. The van der Waals surface area contributed by atoms with Gasteiger partial charge in [-0.2, -0.15) is 0 Å². The lowest BCUT2D eigenvalue weighted by Crippen LogP contribution is -2.43. The van der Waals surface area contributed by atoms with Crippen LogP contribution in [-0.4, -0.2) is 48.9 Å². The molecule has 0 radical (unpaired) electrons.